The summed E-state index contributed by atoms with van der Waals surface area (Å²) in [5.41, 5.74) is 0.838. The van der Waals surface area contributed by atoms with E-state index in [1.165, 1.54) is 7.11 Å². The Morgan fingerprint density at radius 2 is 2.00 bits per heavy atom. The summed E-state index contributed by atoms with van der Waals surface area (Å²) in [5, 5.41) is 11.6. The minimum Gasteiger partial charge on any atom is -0.493 e. The van der Waals surface area contributed by atoms with Crippen molar-refractivity contribution in [2.24, 2.45) is 0 Å². The Kier molecular flexibility index (Phi) is 4.39. The number of carboxylic acid groups (broad SMARTS) is 1. The Morgan fingerprint density at radius 3 is 2.53 bits per heavy atom. The van der Waals surface area contributed by atoms with Crippen molar-refractivity contribution in [1.82, 2.24) is 0 Å². The number of anilines is 1. The van der Waals surface area contributed by atoms with E-state index in [2.05, 4.69) is 11.9 Å². The Bertz CT molecular complexity index is 429. The van der Waals surface area contributed by atoms with Gasteiger partial charge < -0.3 is 19.9 Å². The van der Waals surface area contributed by atoms with Crippen LogP contribution in [0, 0.1) is 0 Å². The lowest BCUT2D eigenvalue weighted by Crippen LogP contribution is -2.11. The number of carboxylic acids is 1. The highest BCUT2D eigenvalue weighted by molar-refractivity contribution is 5.86. The summed E-state index contributed by atoms with van der Waals surface area (Å²) in [4.78, 5) is 10.6. The van der Waals surface area contributed by atoms with Gasteiger partial charge in [-0.1, -0.05) is 6.58 Å². The van der Waals surface area contributed by atoms with Crippen molar-refractivity contribution in [2.45, 2.75) is 0 Å². The molecule has 0 aliphatic heterocycles. The van der Waals surface area contributed by atoms with Gasteiger partial charge in [-0.25, -0.2) is 4.79 Å². The summed E-state index contributed by atoms with van der Waals surface area (Å²) in [5.74, 6) is 0.187. The number of hydrogen-bond donors (Lipinski definition) is 2. The maximum atomic E-state index is 10.6. The molecule has 0 bridgehead atoms. The van der Waals surface area contributed by atoms with E-state index in [0.29, 0.717) is 11.5 Å². The normalized spacial score (nSPS) is 9.53. The van der Waals surface area contributed by atoms with E-state index in [1.807, 2.05) is 0 Å². The van der Waals surface area contributed by atoms with E-state index >= 15 is 0 Å². The summed E-state index contributed by atoms with van der Waals surface area (Å²) in [6.07, 6.45) is 0. The Labute approximate surface area is 99.7 Å². The minimum atomic E-state index is -1.02. The monoisotopic (exact) mass is 237 g/mol. The number of methoxy groups -OCH3 is 2. The zero-order valence-electron chi connectivity index (χ0n) is 9.82. The Morgan fingerprint density at radius 1 is 1.35 bits per heavy atom. The molecule has 0 saturated carbocycles. The lowest BCUT2D eigenvalue weighted by atomic mass is 10.2. The number of benzene rings is 1. The van der Waals surface area contributed by atoms with Gasteiger partial charge in [-0.3, -0.25) is 0 Å². The summed E-state index contributed by atoms with van der Waals surface area (Å²) >= 11 is 0. The molecule has 1 rings (SSSR count). The topological polar surface area (TPSA) is 67.8 Å². The van der Waals surface area contributed by atoms with Gasteiger partial charge in [-0.05, 0) is 12.1 Å². The lowest BCUT2D eigenvalue weighted by molar-refractivity contribution is -0.132. The average molecular weight is 237 g/mol. The molecule has 0 heterocycles. The number of aliphatic carboxylic acids is 1. The third-order valence-corrected chi connectivity index (χ3v) is 2.19. The standard InChI is InChI=1S/C12H15NO4/c1-8(12(14)15)7-13-9-4-5-10(16-2)11(6-9)17-3/h4-6,13H,1,7H2,2-3H3,(H,14,15). The van der Waals surface area contributed by atoms with E-state index in [1.54, 1.807) is 25.3 Å². The predicted octanol–water partition coefficient (Wildman–Crippen LogP) is 1.76. The fourth-order valence-corrected chi connectivity index (χ4v) is 1.23. The molecule has 0 amide bonds. The maximum Gasteiger partial charge on any atom is 0.332 e. The van der Waals surface area contributed by atoms with Crippen molar-refractivity contribution in [3.8, 4) is 11.5 Å². The first kappa shape index (κ1) is 12.9. The van der Waals surface area contributed by atoms with Crippen molar-refractivity contribution in [1.29, 1.82) is 0 Å². The van der Waals surface area contributed by atoms with Gasteiger partial charge in [0.25, 0.3) is 0 Å². The van der Waals surface area contributed by atoms with Gasteiger partial charge in [0.05, 0.1) is 14.2 Å². The van der Waals surface area contributed by atoms with Crippen LogP contribution in [0.3, 0.4) is 0 Å². The molecule has 92 valence electrons. The molecule has 5 nitrogen and oxygen atoms in total. The average Bonchev–Trinajstić information content (AvgIpc) is 2.35. The van der Waals surface area contributed by atoms with E-state index in [-0.39, 0.29) is 12.1 Å². The maximum absolute atomic E-state index is 10.6. The molecule has 2 N–H and O–H groups in total. The molecular formula is C12H15NO4. The van der Waals surface area contributed by atoms with Crippen LogP contribution in [0.15, 0.2) is 30.4 Å². The van der Waals surface area contributed by atoms with Gasteiger partial charge in [0.1, 0.15) is 0 Å². The summed E-state index contributed by atoms with van der Waals surface area (Å²) in [7, 11) is 3.09. The first-order valence-corrected chi connectivity index (χ1v) is 4.95. The Balaban J connectivity index is 2.73. The molecule has 0 saturated heterocycles. The van der Waals surface area contributed by atoms with Crippen molar-refractivity contribution in [2.75, 3.05) is 26.1 Å². The summed E-state index contributed by atoms with van der Waals surface area (Å²) in [6, 6.07) is 5.25. The third kappa shape index (κ3) is 3.41. The van der Waals surface area contributed by atoms with Crippen LogP contribution in [0.1, 0.15) is 0 Å². The third-order valence-electron chi connectivity index (χ3n) is 2.19. The van der Waals surface area contributed by atoms with Crippen molar-refractivity contribution >= 4 is 11.7 Å². The van der Waals surface area contributed by atoms with Crippen LogP contribution in [0.5, 0.6) is 11.5 Å². The van der Waals surface area contributed by atoms with Crippen LogP contribution in [-0.4, -0.2) is 31.8 Å². The first-order valence-electron chi connectivity index (χ1n) is 4.95. The molecule has 0 aromatic heterocycles. The van der Waals surface area contributed by atoms with Crippen molar-refractivity contribution in [3.63, 3.8) is 0 Å². The molecule has 0 radical (unpaired) electrons. The summed E-state index contributed by atoms with van der Waals surface area (Å²) < 4.78 is 10.2. The molecule has 0 aliphatic rings. The number of ether oxygens (including phenoxy) is 2. The minimum absolute atomic E-state index is 0.0970. The van der Waals surface area contributed by atoms with E-state index in [0.717, 1.165) is 5.69 Å². The largest absolute Gasteiger partial charge is 0.493 e. The van der Waals surface area contributed by atoms with Crippen LogP contribution < -0.4 is 14.8 Å². The molecule has 0 unspecified atom stereocenters. The highest BCUT2D eigenvalue weighted by Gasteiger charge is 2.06. The van der Waals surface area contributed by atoms with Crippen LogP contribution in [0.25, 0.3) is 0 Å². The molecule has 17 heavy (non-hydrogen) atoms. The van der Waals surface area contributed by atoms with E-state index < -0.39 is 5.97 Å². The predicted molar refractivity (Wildman–Crippen MR) is 64.8 cm³/mol. The summed E-state index contributed by atoms with van der Waals surface area (Å²) in [6.45, 7) is 3.60. The molecule has 0 aliphatic carbocycles. The first-order chi connectivity index (χ1) is 8.08. The van der Waals surface area contributed by atoms with Gasteiger partial charge in [0.15, 0.2) is 11.5 Å². The number of carbonyl (C=O) groups is 1. The van der Waals surface area contributed by atoms with Gasteiger partial charge >= 0.3 is 5.97 Å². The highest BCUT2D eigenvalue weighted by Crippen LogP contribution is 2.29. The highest BCUT2D eigenvalue weighted by atomic mass is 16.5. The van der Waals surface area contributed by atoms with Gasteiger partial charge in [0.2, 0.25) is 0 Å². The second-order valence-corrected chi connectivity index (χ2v) is 3.33. The van der Waals surface area contributed by atoms with Crippen LogP contribution >= 0.6 is 0 Å². The van der Waals surface area contributed by atoms with E-state index in [9.17, 15) is 4.79 Å². The zero-order chi connectivity index (χ0) is 12.8. The van der Waals surface area contributed by atoms with Crippen LogP contribution in [-0.2, 0) is 4.79 Å². The molecule has 1 aromatic rings. The zero-order valence-corrected chi connectivity index (χ0v) is 9.82. The molecular weight excluding hydrogens is 222 g/mol. The van der Waals surface area contributed by atoms with Crippen molar-refractivity contribution in [3.05, 3.63) is 30.4 Å². The van der Waals surface area contributed by atoms with Crippen LogP contribution in [0.2, 0.25) is 0 Å². The van der Waals surface area contributed by atoms with Crippen molar-refractivity contribution < 1.29 is 19.4 Å². The quantitative estimate of drug-likeness (QED) is 0.738. The smallest absolute Gasteiger partial charge is 0.332 e. The molecule has 0 fully saturated rings. The number of hydrogen-bond acceptors (Lipinski definition) is 4. The SMILES string of the molecule is C=C(CNc1ccc(OC)c(OC)c1)C(=O)O. The fourth-order valence-electron chi connectivity index (χ4n) is 1.23. The fraction of sp³-hybridized carbons (Fsp3) is 0.250. The second-order valence-electron chi connectivity index (χ2n) is 3.33. The molecule has 0 spiro atoms. The Hall–Kier alpha value is -2.17. The van der Waals surface area contributed by atoms with Gasteiger partial charge in [-0.15, -0.1) is 0 Å². The molecule has 0 atom stereocenters. The molecule has 5 heteroatoms. The lowest BCUT2D eigenvalue weighted by Gasteiger charge is -2.11. The molecule has 1 aromatic carbocycles. The van der Waals surface area contributed by atoms with E-state index in [4.69, 9.17) is 14.6 Å². The van der Waals surface area contributed by atoms with Gasteiger partial charge in [-0.2, -0.15) is 0 Å². The number of rotatable bonds is 6. The number of nitrogens with one attached hydrogen (secondary N) is 1. The van der Waals surface area contributed by atoms with Gasteiger partial charge in [0, 0.05) is 23.9 Å². The van der Waals surface area contributed by atoms with Crippen LogP contribution in [0.4, 0.5) is 5.69 Å². The second kappa shape index (κ2) is 5.79.